The Hall–Kier alpha value is -3.85. The van der Waals surface area contributed by atoms with E-state index in [9.17, 15) is 14.4 Å². The zero-order valence-corrected chi connectivity index (χ0v) is 18.3. The number of aromatic nitrogens is 1. The summed E-state index contributed by atoms with van der Waals surface area (Å²) in [7, 11) is 1.30. The maximum absolute atomic E-state index is 12.3. The van der Waals surface area contributed by atoms with Crippen molar-refractivity contribution >= 4 is 40.1 Å². The minimum atomic E-state index is -0.593. The molecule has 1 amide bonds. The van der Waals surface area contributed by atoms with E-state index in [1.807, 2.05) is 30.3 Å². The Morgan fingerprint density at radius 3 is 2.48 bits per heavy atom. The molecule has 0 unspecified atom stereocenters. The van der Waals surface area contributed by atoms with E-state index in [1.54, 1.807) is 29.0 Å². The molecule has 2 aromatic carbocycles. The van der Waals surface area contributed by atoms with E-state index in [2.05, 4.69) is 10.2 Å². The number of nitrogens with one attached hydrogen (secondary N) is 1. The summed E-state index contributed by atoms with van der Waals surface area (Å²) in [5, 5.41) is 3.40. The van der Waals surface area contributed by atoms with Crippen LogP contribution in [0.1, 0.15) is 10.4 Å². The lowest BCUT2D eigenvalue weighted by Crippen LogP contribution is -2.36. The highest BCUT2D eigenvalue weighted by molar-refractivity contribution is 6.04. The molecule has 9 nitrogen and oxygen atoms in total. The van der Waals surface area contributed by atoms with Crippen molar-refractivity contribution in [2.75, 3.05) is 50.2 Å². The molecule has 1 aromatic heterocycles. The highest BCUT2D eigenvalue weighted by atomic mass is 16.5. The highest BCUT2D eigenvalue weighted by Gasteiger charge is 2.17. The Labute approximate surface area is 190 Å². The van der Waals surface area contributed by atoms with Gasteiger partial charge in [0.1, 0.15) is 6.54 Å². The van der Waals surface area contributed by atoms with E-state index >= 15 is 0 Å². The van der Waals surface area contributed by atoms with Crippen molar-refractivity contribution in [1.82, 2.24) is 4.57 Å². The third-order valence-electron chi connectivity index (χ3n) is 5.38. The van der Waals surface area contributed by atoms with Crippen LogP contribution in [0.2, 0.25) is 0 Å². The van der Waals surface area contributed by atoms with Gasteiger partial charge in [-0.2, -0.15) is 0 Å². The van der Waals surface area contributed by atoms with E-state index in [-0.39, 0.29) is 6.54 Å². The summed E-state index contributed by atoms with van der Waals surface area (Å²) in [4.78, 5) is 38.8. The first-order valence-corrected chi connectivity index (χ1v) is 10.6. The van der Waals surface area contributed by atoms with Crippen LogP contribution in [0.25, 0.3) is 10.9 Å². The largest absolute Gasteiger partial charge is 0.465 e. The van der Waals surface area contributed by atoms with Crippen LogP contribution in [-0.2, 0) is 30.3 Å². The normalized spacial score (nSPS) is 13.5. The van der Waals surface area contributed by atoms with Crippen LogP contribution in [0.3, 0.4) is 0 Å². The first-order chi connectivity index (χ1) is 16.0. The van der Waals surface area contributed by atoms with Crippen molar-refractivity contribution in [2.45, 2.75) is 6.54 Å². The molecule has 0 atom stereocenters. The second kappa shape index (κ2) is 10.2. The summed E-state index contributed by atoms with van der Waals surface area (Å²) in [6.07, 6.45) is 1.55. The lowest BCUT2D eigenvalue weighted by molar-refractivity contribution is -0.147. The van der Waals surface area contributed by atoms with Crippen LogP contribution in [0, 0.1) is 0 Å². The Kier molecular flexibility index (Phi) is 6.89. The van der Waals surface area contributed by atoms with Crippen LogP contribution in [-0.4, -0.2) is 62.4 Å². The van der Waals surface area contributed by atoms with Gasteiger partial charge in [0, 0.05) is 41.6 Å². The molecule has 1 N–H and O–H groups in total. The standard InChI is InChI=1S/C24H25N3O6/c1-31-24(30)20-14-27(21-5-3-2-4-19(20)21)15-23(29)33-16-22(28)25-17-6-8-18(9-7-17)26-10-12-32-13-11-26/h2-9,14H,10-13,15-16H2,1H3,(H,25,28). The smallest absolute Gasteiger partial charge is 0.340 e. The number of benzene rings is 2. The molecule has 0 aliphatic carbocycles. The molecule has 0 spiro atoms. The molecular formula is C24H25N3O6. The lowest BCUT2D eigenvalue weighted by Gasteiger charge is -2.28. The molecule has 1 aliphatic heterocycles. The van der Waals surface area contributed by atoms with Gasteiger partial charge in [-0.25, -0.2) is 4.79 Å². The zero-order valence-electron chi connectivity index (χ0n) is 18.3. The monoisotopic (exact) mass is 451 g/mol. The van der Waals surface area contributed by atoms with Crippen molar-refractivity contribution < 1.29 is 28.6 Å². The fourth-order valence-electron chi connectivity index (χ4n) is 3.76. The molecule has 172 valence electrons. The second-order valence-electron chi connectivity index (χ2n) is 7.53. The van der Waals surface area contributed by atoms with E-state index in [0.717, 1.165) is 18.8 Å². The molecule has 3 aromatic rings. The average molecular weight is 451 g/mol. The number of para-hydroxylation sites is 1. The van der Waals surface area contributed by atoms with Crippen molar-refractivity contribution in [2.24, 2.45) is 0 Å². The van der Waals surface area contributed by atoms with Crippen molar-refractivity contribution in [1.29, 1.82) is 0 Å². The molecule has 9 heteroatoms. The number of methoxy groups -OCH3 is 1. The van der Waals surface area contributed by atoms with Gasteiger partial charge in [-0.15, -0.1) is 0 Å². The first kappa shape index (κ1) is 22.3. The zero-order chi connectivity index (χ0) is 23.2. The SMILES string of the molecule is COC(=O)c1cn(CC(=O)OCC(=O)Nc2ccc(N3CCOCC3)cc2)c2ccccc12. The minimum absolute atomic E-state index is 0.140. The van der Waals surface area contributed by atoms with Gasteiger partial charge in [-0.05, 0) is 30.3 Å². The van der Waals surface area contributed by atoms with Gasteiger partial charge in [0.25, 0.3) is 5.91 Å². The fraction of sp³-hybridized carbons (Fsp3) is 0.292. The number of morpholine rings is 1. The number of hydrogen-bond donors (Lipinski definition) is 1. The minimum Gasteiger partial charge on any atom is -0.465 e. The summed E-state index contributed by atoms with van der Waals surface area (Å²) >= 11 is 0. The van der Waals surface area contributed by atoms with Gasteiger partial charge in [0.15, 0.2) is 6.61 Å². The Morgan fingerprint density at radius 1 is 1.03 bits per heavy atom. The van der Waals surface area contributed by atoms with E-state index in [1.165, 1.54) is 7.11 Å². The molecule has 1 aliphatic rings. The number of fused-ring (bicyclic) bond motifs is 1. The van der Waals surface area contributed by atoms with Crippen LogP contribution in [0.15, 0.2) is 54.7 Å². The predicted molar refractivity (Wildman–Crippen MR) is 122 cm³/mol. The molecule has 33 heavy (non-hydrogen) atoms. The molecule has 0 radical (unpaired) electrons. The third-order valence-corrected chi connectivity index (χ3v) is 5.38. The van der Waals surface area contributed by atoms with Gasteiger partial charge >= 0.3 is 11.9 Å². The number of nitrogens with zero attached hydrogens (tertiary/aromatic N) is 2. The fourth-order valence-corrected chi connectivity index (χ4v) is 3.76. The molecular weight excluding hydrogens is 426 g/mol. The summed E-state index contributed by atoms with van der Waals surface area (Å²) < 4.78 is 16.9. The summed E-state index contributed by atoms with van der Waals surface area (Å²) in [6.45, 7) is 2.52. The van der Waals surface area contributed by atoms with E-state index in [0.29, 0.717) is 35.4 Å². The Bertz CT molecular complexity index is 1150. The van der Waals surface area contributed by atoms with Gasteiger partial charge in [-0.1, -0.05) is 18.2 Å². The second-order valence-corrected chi connectivity index (χ2v) is 7.53. The molecule has 0 bridgehead atoms. The van der Waals surface area contributed by atoms with Crippen molar-refractivity contribution in [3.8, 4) is 0 Å². The van der Waals surface area contributed by atoms with E-state index < -0.39 is 24.5 Å². The third kappa shape index (κ3) is 5.32. The van der Waals surface area contributed by atoms with E-state index in [4.69, 9.17) is 14.2 Å². The van der Waals surface area contributed by atoms with Crippen molar-refractivity contribution in [3.05, 3.63) is 60.3 Å². The van der Waals surface area contributed by atoms with Gasteiger partial charge in [0.05, 0.1) is 25.9 Å². The Morgan fingerprint density at radius 2 is 1.76 bits per heavy atom. The van der Waals surface area contributed by atoms with Gasteiger partial charge in [0.2, 0.25) is 0 Å². The maximum Gasteiger partial charge on any atom is 0.340 e. The topological polar surface area (TPSA) is 99.1 Å². The van der Waals surface area contributed by atoms with Gasteiger partial charge in [-0.3, -0.25) is 9.59 Å². The number of anilines is 2. The number of carbonyl (C=O) groups excluding carboxylic acids is 3. The number of amides is 1. The number of esters is 2. The molecule has 1 fully saturated rings. The quantitative estimate of drug-likeness (QED) is 0.551. The van der Waals surface area contributed by atoms with Crippen LogP contribution < -0.4 is 10.2 Å². The molecule has 1 saturated heterocycles. The van der Waals surface area contributed by atoms with Gasteiger partial charge < -0.3 is 29.0 Å². The average Bonchev–Trinajstić information content (AvgIpc) is 3.21. The molecule has 0 saturated carbocycles. The van der Waals surface area contributed by atoms with Crippen LogP contribution in [0.5, 0.6) is 0 Å². The number of carbonyl (C=O) groups is 3. The molecule has 4 rings (SSSR count). The van der Waals surface area contributed by atoms with Crippen molar-refractivity contribution in [3.63, 3.8) is 0 Å². The highest BCUT2D eigenvalue weighted by Crippen LogP contribution is 2.22. The predicted octanol–water partition coefficient (Wildman–Crippen LogP) is 2.45. The van der Waals surface area contributed by atoms with Crippen LogP contribution in [0.4, 0.5) is 11.4 Å². The first-order valence-electron chi connectivity index (χ1n) is 10.6. The number of ether oxygens (including phenoxy) is 3. The molecule has 2 heterocycles. The summed E-state index contributed by atoms with van der Waals surface area (Å²) in [5.74, 6) is -1.52. The lowest BCUT2D eigenvalue weighted by atomic mass is 10.2. The number of rotatable bonds is 7. The Balaban J connectivity index is 1.31. The number of hydrogen-bond acceptors (Lipinski definition) is 7. The summed E-state index contributed by atoms with van der Waals surface area (Å²) in [6, 6.07) is 14.7. The maximum atomic E-state index is 12.3. The van der Waals surface area contributed by atoms with Crippen LogP contribution >= 0.6 is 0 Å². The summed E-state index contributed by atoms with van der Waals surface area (Å²) in [5.41, 5.74) is 2.74.